The van der Waals surface area contributed by atoms with Crippen LogP contribution >= 0.6 is 11.1 Å². The highest BCUT2D eigenvalue weighted by molar-refractivity contribution is 8.20. The highest BCUT2D eigenvalue weighted by Crippen LogP contribution is 2.39. The monoisotopic (exact) mass is 236 g/mol. The van der Waals surface area contributed by atoms with Gasteiger partial charge in [0.2, 0.25) is 6.41 Å². The van der Waals surface area contributed by atoms with E-state index in [2.05, 4.69) is 30.5 Å². The van der Waals surface area contributed by atoms with Gasteiger partial charge in [-0.25, -0.2) is 10.3 Å². The first-order valence-corrected chi connectivity index (χ1v) is 6.21. The van der Waals surface area contributed by atoms with E-state index in [1.165, 1.54) is 15.8 Å². The van der Waals surface area contributed by atoms with Crippen molar-refractivity contribution in [3.8, 4) is 0 Å². The van der Waals surface area contributed by atoms with Gasteiger partial charge in [0.1, 0.15) is 0 Å². The van der Waals surface area contributed by atoms with E-state index in [9.17, 15) is 4.79 Å². The first-order chi connectivity index (χ1) is 7.63. The molecule has 0 atom stereocenters. The Bertz CT molecular complexity index is 456. The number of nitrogens with zero attached hydrogens (tertiary/aromatic N) is 2. The molecule has 0 aliphatic carbocycles. The van der Waals surface area contributed by atoms with Crippen LogP contribution in [0, 0.1) is 13.8 Å². The summed E-state index contributed by atoms with van der Waals surface area (Å²) in [6.45, 7) is 4.11. The van der Waals surface area contributed by atoms with Crippen molar-refractivity contribution in [1.82, 2.24) is 8.98 Å². The molecule has 85 valence electrons. The number of hydrogen-bond acceptors (Lipinski definition) is 2. The van der Waals surface area contributed by atoms with Crippen LogP contribution in [0.1, 0.15) is 11.4 Å². The van der Waals surface area contributed by atoms with Crippen LogP contribution in [0.15, 0.2) is 29.0 Å². The molecule has 2 heterocycles. The number of aryl methyl sites for hydroxylation is 2. The summed E-state index contributed by atoms with van der Waals surface area (Å²) in [4.78, 5) is 10.6. The molecule has 2 rings (SSSR count). The lowest BCUT2D eigenvalue weighted by Crippen LogP contribution is -2.23. The molecule has 0 aromatic carbocycles. The van der Waals surface area contributed by atoms with Crippen molar-refractivity contribution in [2.75, 3.05) is 0 Å². The van der Waals surface area contributed by atoms with E-state index in [1.54, 1.807) is 0 Å². The Labute approximate surface area is 97.5 Å². The summed E-state index contributed by atoms with van der Waals surface area (Å²) >= 11 is -0.424. The van der Waals surface area contributed by atoms with E-state index in [0.717, 1.165) is 5.70 Å². The summed E-state index contributed by atoms with van der Waals surface area (Å²) in [6, 6.07) is 4.14. The maximum atomic E-state index is 10.6. The van der Waals surface area contributed by atoms with Crippen LogP contribution in [0.5, 0.6) is 0 Å². The second-order valence-electron chi connectivity index (χ2n) is 3.61. The van der Waals surface area contributed by atoms with Crippen molar-refractivity contribution in [2.45, 2.75) is 13.8 Å². The smallest absolute Gasteiger partial charge is 0.233 e. The van der Waals surface area contributed by atoms with Gasteiger partial charge in [-0.1, -0.05) is 0 Å². The normalized spacial score (nSPS) is 15.3. The second kappa shape index (κ2) is 4.19. The van der Waals surface area contributed by atoms with Gasteiger partial charge in [0.05, 0.1) is 5.70 Å². The minimum absolute atomic E-state index is 0.424. The van der Waals surface area contributed by atoms with Crippen LogP contribution in [-0.2, 0) is 4.79 Å². The van der Waals surface area contributed by atoms with Crippen molar-refractivity contribution in [1.29, 1.82) is 0 Å². The van der Waals surface area contributed by atoms with Crippen LogP contribution in [0.2, 0.25) is 0 Å². The molecule has 1 aromatic rings. The molecule has 16 heavy (non-hydrogen) atoms. The zero-order valence-corrected chi connectivity index (χ0v) is 10.1. The topological polar surface area (TPSA) is 51.3 Å². The fourth-order valence-corrected chi connectivity index (χ4v) is 2.88. The van der Waals surface area contributed by atoms with Crippen molar-refractivity contribution in [2.24, 2.45) is 5.84 Å². The molecule has 1 amide bonds. The quantitative estimate of drug-likeness (QED) is 0.377. The highest BCUT2D eigenvalue weighted by atomic mass is 32.2. The largest absolute Gasteiger partial charge is 0.318 e. The van der Waals surface area contributed by atoms with Crippen molar-refractivity contribution in [3.63, 3.8) is 0 Å². The number of aromatic nitrogens is 1. The SMILES string of the molecule is Cc1ccc(C)n1C1=C[S](N(N)C=O)C=C1. The molecule has 0 saturated carbocycles. The van der Waals surface area contributed by atoms with Gasteiger partial charge in [-0.05, 0) is 48.5 Å². The van der Waals surface area contributed by atoms with Gasteiger partial charge >= 0.3 is 0 Å². The number of hydrazine groups is 1. The molecular formula is C11H14N3OS. The van der Waals surface area contributed by atoms with E-state index in [-0.39, 0.29) is 0 Å². The first-order valence-electron chi connectivity index (χ1n) is 4.90. The van der Waals surface area contributed by atoms with Gasteiger partial charge in [-0.15, -0.1) is 0 Å². The maximum Gasteiger partial charge on any atom is 0.233 e. The van der Waals surface area contributed by atoms with Gasteiger partial charge < -0.3 is 4.57 Å². The molecule has 1 aliphatic heterocycles. The number of carbonyl (C=O) groups is 1. The van der Waals surface area contributed by atoms with Gasteiger partial charge in [-0.2, -0.15) is 0 Å². The average Bonchev–Trinajstić information content (AvgIpc) is 2.85. The number of carbonyl (C=O) groups excluding carboxylic acids is 1. The van der Waals surface area contributed by atoms with Gasteiger partial charge in [0.25, 0.3) is 0 Å². The Morgan fingerprint density at radius 2 is 2.00 bits per heavy atom. The van der Waals surface area contributed by atoms with Gasteiger partial charge in [-0.3, -0.25) is 4.79 Å². The van der Waals surface area contributed by atoms with E-state index in [0.29, 0.717) is 6.41 Å². The molecule has 1 radical (unpaired) electrons. The summed E-state index contributed by atoms with van der Waals surface area (Å²) in [5, 5.41) is 3.93. The minimum atomic E-state index is -0.424. The zero-order chi connectivity index (χ0) is 11.7. The molecule has 0 saturated heterocycles. The van der Waals surface area contributed by atoms with Crippen LogP contribution in [0.3, 0.4) is 0 Å². The number of amides is 1. The standard InChI is InChI=1S/C11H14N3OS/c1-9-3-4-10(2)14(9)11-5-6-16(7-11)13(12)8-15/h3-8H,12H2,1-2H3. The number of rotatable bonds is 3. The molecule has 0 spiro atoms. The summed E-state index contributed by atoms with van der Waals surface area (Å²) in [7, 11) is 0. The predicted octanol–water partition coefficient (Wildman–Crippen LogP) is 1.95. The minimum Gasteiger partial charge on any atom is -0.318 e. The summed E-state index contributed by atoms with van der Waals surface area (Å²) < 4.78 is 3.32. The number of allylic oxidation sites excluding steroid dienone is 2. The van der Waals surface area contributed by atoms with Crippen molar-refractivity contribution >= 4 is 23.2 Å². The molecule has 0 bridgehead atoms. The van der Waals surface area contributed by atoms with Crippen LogP contribution < -0.4 is 5.84 Å². The van der Waals surface area contributed by atoms with Gasteiger partial charge in [0, 0.05) is 16.8 Å². The molecule has 1 aromatic heterocycles. The molecule has 1 aliphatic rings. The van der Waals surface area contributed by atoms with Crippen molar-refractivity contribution in [3.05, 3.63) is 40.4 Å². The Balaban J connectivity index is 2.32. The van der Waals surface area contributed by atoms with E-state index < -0.39 is 11.1 Å². The third-order valence-corrected chi connectivity index (χ3v) is 3.97. The molecular weight excluding hydrogens is 222 g/mol. The third-order valence-electron chi connectivity index (χ3n) is 2.50. The van der Waals surface area contributed by atoms with E-state index in [4.69, 9.17) is 5.84 Å². The summed E-state index contributed by atoms with van der Waals surface area (Å²) in [6.07, 6.45) is 2.63. The van der Waals surface area contributed by atoms with Crippen molar-refractivity contribution < 1.29 is 4.79 Å². The Morgan fingerprint density at radius 1 is 1.38 bits per heavy atom. The lowest BCUT2D eigenvalue weighted by atomic mass is 10.4. The fourth-order valence-electron chi connectivity index (χ4n) is 1.73. The summed E-state index contributed by atoms with van der Waals surface area (Å²) in [5.41, 5.74) is 3.42. The second-order valence-corrected chi connectivity index (χ2v) is 5.23. The number of hydrogen-bond donors (Lipinski definition) is 1. The van der Waals surface area contributed by atoms with Gasteiger partial charge in [0.15, 0.2) is 0 Å². The first kappa shape index (κ1) is 11.0. The molecule has 4 nitrogen and oxygen atoms in total. The highest BCUT2D eigenvalue weighted by Gasteiger charge is 2.14. The lowest BCUT2D eigenvalue weighted by Gasteiger charge is -2.16. The maximum absolute atomic E-state index is 10.6. The Kier molecular flexibility index (Phi) is 2.89. The van der Waals surface area contributed by atoms with Crippen LogP contribution in [-0.4, -0.2) is 15.4 Å². The predicted molar refractivity (Wildman–Crippen MR) is 67.0 cm³/mol. The Morgan fingerprint density at radius 3 is 2.56 bits per heavy atom. The van der Waals surface area contributed by atoms with E-state index in [1.807, 2.05) is 16.9 Å². The third kappa shape index (κ3) is 1.79. The molecule has 2 N–H and O–H groups in total. The molecule has 0 fully saturated rings. The molecule has 0 unspecified atom stereocenters. The Hall–Kier alpha value is -1.46. The van der Waals surface area contributed by atoms with Crippen LogP contribution in [0.25, 0.3) is 5.70 Å². The fraction of sp³-hybridized carbons (Fsp3) is 0.182. The zero-order valence-electron chi connectivity index (χ0n) is 9.25. The van der Waals surface area contributed by atoms with Crippen LogP contribution in [0.4, 0.5) is 0 Å². The average molecular weight is 236 g/mol. The summed E-state index contributed by atoms with van der Waals surface area (Å²) in [5.74, 6) is 5.54. The van der Waals surface area contributed by atoms with E-state index >= 15 is 0 Å². The number of nitrogens with two attached hydrogens (primary N) is 1. The molecule has 5 heteroatoms. The lowest BCUT2D eigenvalue weighted by molar-refractivity contribution is -0.113.